The van der Waals surface area contributed by atoms with Crippen molar-refractivity contribution in [2.24, 2.45) is 0 Å². The van der Waals surface area contributed by atoms with Gasteiger partial charge in [-0.3, -0.25) is 0 Å². The number of carboxylic acids is 1. The molecular weight excluding hydrogens is 210 g/mol. The van der Waals surface area contributed by atoms with Crippen LogP contribution >= 0.6 is 0 Å². The van der Waals surface area contributed by atoms with Gasteiger partial charge in [-0.05, 0) is 0 Å². The van der Waals surface area contributed by atoms with Crippen molar-refractivity contribution in [1.82, 2.24) is 9.97 Å². The second-order valence-electron chi connectivity index (χ2n) is 3.00. The third-order valence-corrected chi connectivity index (χ3v) is 1.76. The van der Waals surface area contributed by atoms with Crippen LogP contribution in [-0.2, 0) is 0 Å². The smallest absolute Gasteiger partial charge is 0.358 e. The van der Waals surface area contributed by atoms with Crippen LogP contribution in [0.3, 0.4) is 0 Å². The molecule has 3 N–H and O–H groups in total. The molecule has 84 valence electrons. The summed E-state index contributed by atoms with van der Waals surface area (Å²) in [5.41, 5.74) is -0.185. The van der Waals surface area contributed by atoms with Gasteiger partial charge >= 0.3 is 5.97 Å². The Labute approximate surface area is 92.4 Å². The van der Waals surface area contributed by atoms with Crippen molar-refractivity contribution in [3.05, 3.63) is 18.1 Å². The van der Waals surface area contributed by atoms with Gasteiger partial charge in [-0.2, -0.15) is 0 Å². The molecule has 0 aliphatic rings. The second-order valence-corrected chi connectivity index (χ2v) is 3.00. The van der Waals surface area contributed by atoms with E-state index in [2.05, 4.69) is 21.2 Å². The molecule has 0 aliphatic carbocycles. The fraction of sp³-hybridized carbons (Fsp3) is 0.300. The monoisotopic (exact) mass is 221 g/mol. The number of hydrogen-bond donors (Lipinski definition) is 3. The Morgan fingerprint density at radius 3 is 2.88 bits per heavy atom. The molecule has 0 saturated carbocycles. The van der Waals surface area contributed by atoms with Crippen molar-refractivity contribution in [2.45, 2.75) is 12.5 Å². The number of carboxylic acid groups (broad SMARTS) is 1. The molecule has 0 fully saturated rings. The van der Waals surface area contributed by atoms with Gasteiger partial charge in [-0.25, -0.2) is 14.8 Å². The predicted molar refractivity (Wildman–Crippen MR) is 56.9 cm³/mol. The topological polar surface area (TPSA) is 95.3 Å². The van der Waals surface area contributed by atoms with Gasteiger partial charge in [0.15, 0.2) is 11.5 Å². The van der Waals surface area contributed by atoms with Crippen LogP contribution in [0.5, 0.6) is 0 Å². The van der Waals surface area contributed by atoms with E-state index in [1.807, 2.05) is 0 Å². The number of nitrogens with one attached hydrogen (secondary N) is 1. The fourth-order valence-corrected chi connectivity index (χ4v) is 1.05. The SMILES string of the molecule is C#CCC(O)CNc1nccnc1C(=O)O. The van der Waals surface area contributed by atoms with Gasteiger partial charge in [-0.15, -0.1) is 12.3 Å². The Balaban J connectivity index is 2.67. The van der Waals surface area contributed by atoms with Crippen LogP contribution in [0, 0.1) is 12.3 Å². The summed E-state index contributed by atoms with van der Waals surface area (Å²) < 4.78 is 0. The largest absolute Gasteiger partial charge is 0.476 e. The van der Waals surface area contributed by atoms with E-state index in [9.17, 15) is 9.90 Å². The van der Waals surface area contributed by atoms with Crippen LogP contribution in [-0.4, -0.2) is 38.8 Å². The highest BCUT2D eigenvalue weighted by molar-refractivity contribution is 5.90. The minimum absolute atomic E-state index is 0.117. The molecule has 0 radical (unpaired) electrons. The molecule has 1 heterocycles. The van der Waals surface area contributed by atoms with Crippen LogP contribution in [0.15, 0.2) is 12.4 Å². The van der Waals surface area contributed by atoms with Crippen molar-refractivity contribution in [2.75, 3.05) is 11.9 Å². The number of carbonyl (C=O) groups is 1. The fourth-order valence-electron chi connectivity index (χ4n) is 1.05. The highest BCUT2D eigenvalue weighted by Gasteiger charge is 2.13. The molecule has 0 amide bonds. The van der Waals surface area contributed by atoms with Gasteiger partial charge in [0.05, 0.1) is 6.10 Å². The van der Waals surface area contributed by atoms with E-state index in [0.29, 0.717) is 0 Å². The third kappa shape index (κ3) is 3.22. The molecule has 1 aromatic heterocycles. The summed E-state index contributed by atoms with van der Waals surface area (Å²) in [5.74, 6) is 1.24. The van der Waals surface area contributed by atoms with E-state index in [1.54, 1.807) is 0 Å². The van der Waals surface area contributed by atoms with Crippen molar-refractivity contribution < 1.29 is 15.0 Å². The number of nitrogens with zero attached hydrogens (tertiary/aromatic N) is 2. The van der Waals surface area contributed by atoms with Crippen LogP contribution in [0.2, 0.25) is 0 Å². The first kappa shape index (κ1) is 11.9. The lowest BCUT2D eigenvalue weighted by molar-refractivity contribution is 0.0691. The normalized spacial score (nSPS) is 11.5. The first-order chi connectivity index (χ1) is 7.65. The average molecular weight is 221 g/mol. The highest BCUT2D eigenvalue weighted by atomic mass is 16.4. The summed E-state index contributed by atoms with van der Waals surface area (Å²) in [5, 5.41) is 20.8. The second kappa shape index (κ2) is 5.68. The van der Waals surface area contributed by atoms with Gasteiger partial charge in [-0.1, -0.05) is 0 Å². The molecule has 6 heteroatoms. The maximum atomic E-state index is 10.8. The molecule has 0 aromatic carbocycles. The summed E-state index contributed by atoms with van der Waals surface area (Å²) >= 11 is 0. The van der Waals surface area contributed by atoms with Gasteiger partial charge in [0.1, 0.15) is 0 Å². The van der Waals surface area contributed by atoms with Crippen LogP contribution in [0.4, 0.5) is 5.82 Å². The zero-order valence-electron chi connectivity index (χ0n) is 8.42. The lowest BCUT2D eigenvalue weighted by Crippen LogP contribution is -2.21. The van der Waals surface area contributed by atoms with Crippen molar-refractivity contribution in [3.63, 3.8) is 0 Å². The minimum atomic E-state index is -1.18. The maximum Gasteiger partial charge on any atom is 0.358 e. The van der Waals surface area contributed by atoms with Crippen molar-refractivity contribution in [3.8, 4) is 12.3 Å². The van der Waals surface area contributed by atoms with E-state index in [1.165, 1.54) is 12.4 Å². The number of aliphatic hydroxyl groups excluding tert-OH is 1. The van der Waals surface area contributed by atoms with Gasteiger partial charge in [0, 0.05) is 25.4 Å². The van der Waals surface area contributed by atoms with Gasteiger partial charge in [0.25, 0.3) is 0 Å². The molecule has 6 nitrogen and oxygen atoms in total. The standard InChI is InChI=1S/C10H11N3O3/c1-2-3-7(14)6-13-9-8(10(15)16)11-4-5-12-9/h1,4-5,7,14H,3,6H2,(H,12,13)(H,15,16). The Hall–Kier alpha value is -2.13. The van der Waals surface area contributed by atoms with E-state index in [-0.39, 0.29) is 24.5 Å². The molecule has 1 unspecified atom stereocenters. The molecule has 0 spiro atoms. The first-order valence-corrected chi connectivity index (χ1v) is 4.55. The van der Waals surface area contributed by atoms with Crippen LogP contribution in [0.25, 0.3) is 0 Å². The van der Waals surface area contributed by atoms with Gasteiger partial charge < -0.3 is 15.5 Å². The zero-order valence-corrected chi connectivity index (χ0v) is 8.42. The quantitative estimate of drug-likeness (QED) is 0.604. The maximum absolute atomic E-state index is 10.8. The summed E-state index contributed by atoms with van der Waals surface area (Å²) in [6.07, 6.45) is 7.11. The number of terminal acetylenes is 1. The van der Waals surface area contributed by atoms with Crippen molar-refractivity contribution in [1.29, 1.82) is 0 Å². The molecule has 1 atom stereocenters. The summed E-state index contributed by atoms with van der Waals surface area (Å²) in [6, 6.07) is 0. The summed E-state index contributed by atoms with van der Waals surface area (Å²) in [7, 11) is 0. The number of rotatable bonds is 5. The molecule has 0 saturated heterocycles. The third-order valence-electron chi connectivity index (χ3n) is 1.76. The zero-order chi connectivity index (χ0) is 12.0. The lowest BCUT2D eigenvalue weighted by atomic mass is 10.2. The molecular formula is C10H11N3O3. The van der Waals surface area contributed by atoms with Crippen LogP contribution < -0.4 is 5.32 Å². The highest BCUT2D eigenvalue weighted by Crippen LogP contribution is 2.08. The predicted octanol–water partition coefficient (Wildman–Crippen LogP) is -0.0291. The molecule has 1 rings (SSSR count). The van der Waals surface area contributed by atoms with E-state index in [4.69, 9.17) is 11.5 Å². The summed E-state index contributed by atoms with van der Waals surface area (Å²) in [4.78, 5) is 18.2. The number of anilines is 1. The minimum Gasteiger partial charge on any atom is -0.476 e. The molecule has 0 bridgehead atoms. The van der Waals surface area contributed by atoms with Gasteiger partial charge in [0.2, 0.25) is 0 Å². The molecule has 16 heavy (non-hydrogen) atoms. The molecule has 1 aromatic rings. The Kier molecular flexibility index (Phi) is 4.24. The Morgan fingerprint density at radius 1 is 1.56 bits per heavy atom. The molecule has 0 aliphatic heterocycles. The number of hydrogen-bond acceptors (Lipinski definition) is 5. The van der Waals surface area contributed by atoms with E-state index < -0.39 is 12.1 Å². The number of aliphatic hydroxyl groups is 1. The lowest BCUT2D eigenvalue weighted by Gasteiger charge is -2.10. The summed E-state index contributed by atoms with van der Waals surface area (Å²) in [6.45, 7) is 0.128. The average Bonchev–Trinajstić information content (AvgIpc) is 2.27. The number of aromatic carboxylic acids is 1. The number of aromatic nitrogens is 2. The Morgan fingerprint density at radius 2 is 2.25 bits per heavy atom. The van der Waals surface area contributed by atoms with Crippen LogP contribution in [0.1, 0.15) is 16.9 Å². The first-order valence-electron chi connectivity index (χ1n) is 4.55. The van der Waals surface area contributed by atoms with E-state index >= 15 is 0 Å². The van der Waals surface area contributed by atoms with E-state index in [0.717, 1.165) is 0 Å². The Bertz CT molecular complexity index is 414. The van der Waals surface area contributed by atoms with Crippen molar-refractivity contribution >= 4 is 11.8 Å².